The van der Waals surface area contributed by atoms with E-state index in [-0.39, 0.29) is 0 Å². The van der Waals surface area contributed by atoms with Crippen LogP contribution in [0, 0.1) is 12.8 Å². The highest BCUT2D eigenvalue weighted by molar-refractivity contribution is 5.25. The molecule has 1 N–H and O–H groups in total. The molecule has 0 amide bonds. The summed E-state index contributed by atoms with van der Waals surface area (Å²) < 4.78 is 5.64. The van der Waals surface area contributed by atoms with Crippen LogP contribution in [0.5, 0.6) is 0 Å². The van der Waals surface area contributed by atoms with E-state index >= 15 is 0 Å². The predicted molar refractivity (Wildman–Crippen MR) is 78.3 cm³/mol. The summed E-state index contributed by atoms with van der Waals surface area (Å²) in [5.74, 6) is 0.391. The van der Waals surface area contributed by atoms with Crippen LogP contribution >= 0.6 is 0 Å². The molecule has 1 aromatic rings. The van der Waals surface area contributed by atoms with Crippen molar-refractivity contribution in [1.29, 1.82) is 0 Å². The van der Waals surface area contributed by atoms with Gasteiger partial charge in [0.15, 0.2) is 0 Å². The molecule has 1 saturated heterocycles. The molecule has 1 heterocycles. The van der Waals surface area contributed by atoms with Crippen molar-refractivity contribution in [3.05, 3.63) is 35.4 Å². The Balaban J connectivity index is 1.75. The zero-order valence-electron chi connectivity index (χ0n) is 12.0. The molecule has 2 atom stereocenters. The molecular formula is C17H26O2. The first-order valence-corrected chi connectivity index (χ1v) is 7.56. The van der Waals surface area contributed by atoms with Gasteiger partial charge in [0.25, 0.3) is 0 Å². The van der Waals surface area contributed by atoms with E-state index in [2.05, 4.69) is 31.2 Å². The van der Waals surface area contributed by atoms with Crippen molar-refractivity contribution < 1.29 is 9.84 Å². The van der Waals surface area contributed by atoms with E-state index in [0.29, 0.717) is 18.6 Å². The lowest BCUT2D eigenvalue weighted by molar-refractivity contribution is 0.0990. The van der Waals surface area contributed by atoms with Crippen molar-refractivity contribution in [2.75, 3.05) is 13.2 Å². The molecule has 0 aliphatic carbocycles. The monoisotopic (exact) mass is 262 g/mol. The van der Waals surface area contributed by atoms with Crippen LogP contribution < -0.4 is 0 Å². The molecule has 1 fully saturated rings. The Morgan fingerprint density at radius 2 is 2.21 bits per heavy atom. The predicted octanol–water partition coefficient (Wildman–Crippen LogP) is 3.50. The second kappa shape index (κ2) is 7.66. The SMILES string of the molecule is Cc1ccccc1CC(CO)CCCC1CCCO1. The maximum Gasteiger partial charge on any atom is 0.0576 e. The molecule has 2 heteroatoms. The average Bonchev–Trinajstić information content (AvgIpc) is 2.93. The van der Waals surface area contributed by atoms with Gasteiger partial charge < -0.3 is 9.84 Å². The molecule has 2 unspecified atom stereocenters. The summed E-state index contributed by atoms with van der Waals surface area (Å²) >= 11 is 0. The molecule has 19 heavy (non-hydrogen) atoms. The van der Waals surface area contributed by atoms with Gasteiger partial charge in [0.2, 0.25) is 0 Å². The van der Waals surface area contributed by atoms with E-state index in [1.54, 1.807) is 0 Å². The minimum Gasteiger partial charge on any atom is -0.396 e. The molecule has 2 rings (SSSR count). The third-order valence-electron chi connectivity index (χ3n) is 4.19. The fourth-order valence-corrected chi connectivity index (χ4v) is 2.91. The summed E-state index contributed by atoms with van der Waals surface area (Å²) in [5, 5.41) is 9.54. The third-order valence-corrected chi connectivity index (χ3v) is 4.19. The number of benzene rings is 1. The Bertz CT molecular complexity index is 369. The number of ether oxygens (including phenoxy) is 1. The van der Waals surface area contributed by atoms with Gasteiger partial charge in [-0.1, -0.05) is 30.7 Å². The van der Waals surface area contributed by atoms with Gasteiger partial charge in [0, 0.05) is 13.2 Å². The third kappa shape index (κ3) is 4.63. The fourth-order valence-electron chi connectivity index (χ4n) is 2.91. The number of hydrogen-bond donors (Lipinski definition) is 1. The zero-order chi connectivity index (χ0) is 13.5. The van der Waals surface area contributed by atoms with E-state index in [1.165, 1.54) is 30.4 Å². The lowest BCUT2D eigenvalue weighted by Crippen LogP contribution is -2.12. The van der Waals surface area contributed by atoms with Crippen LogP contribution in [0.1, 0.15) is 43.2 Å². The summed E-state index contributed by atoms with van der Waals surface area (Å²) in [6, 6.07) is 8.49. The van der Waals surface area contributed by atoms with Crippen molar-refractivity contribution in [2.45, 2.75) is 51.6 Å². The van der Waals surface area contributed by atoms with Crippen LogP contribution in [0.4, 0.5) is 0 Å². The van der Waals surface area contributed by atoms with Gasteiger partial charge in [-0.3, -0.25) is 0 Å². The van der Waals surface area contributed by atoms with Crippen LogP contribution in [-0.2, 0) is 11.2 Å². The first-order chi connectivity index (χ1) is 9.29. The summed E-state index contributed by atoms with van der Waals surface area (Å²) in [5.41, 5.74) is 2.71. The highest BCUT2D eigenvalue weighted by atomic mass is 16.5. The van der Waals surface area contributed by atoms with Crippen molar-refractivity contribution in [2.24, 2.45) is 5.92 Å². The number of aliphatic hydroxyl groups is 1. The first-order valence-electron chi connectivity index (χ1n) is 7.56. The Hall–Kier alpha value is -0.860. The first kappa shape index (κ1) is 14.5. The van der Waals surface area contributed by atoms with Gasteiger partial charge in [0.1, 0.15) is 0 Å². The van der Waals surface area contributed by atoms with Crippen LogP contribution in [-0.4, -0.2) is 24.4 Å². The van der Waals surface area contributed by atoms with Crippen LogP contribution in [0.25, 0.3) is 0 Å². The Morgan fingerprint density at radius 3 is 2.89 bits per heavy atom. The quantitative estimate of drug-likeness (QED) is 0.815. The van der Waals surface area contributed by atoms with E-state index in [1.807, 2.05) is 0 Å². The summed E-state index contributed by atoms with van der Waals surface area (Å²) in [6.45, 7) is 3.38. The molecule has 0 aromatic heterocycles. The molecule has 1 aromatic carbocycles. The number of aliphatic hydroxyl groups excluding tert-OH is 1. The van der Waals surface area contributed by atoms with Crippen LogP contribution in [0.2, 0.25) is 0 Å². The van der Waals surface area contributed by atoms with Crippen molar-refractivity contribution >= 4 is 0 Å². The van der Waals surface area contributed by atoms with Gasteiger partial charge in [0.05, 0.1) is 6.10 Å². The minimum atomic E-state index is 0.292. The summed E-state index contributed by atoms with van der Waals surface area (Å²) in [6.07, 6.45) is 7.35. The standard InChI is InChI=1S/C17H26O2/c1-14-6-2-3-8-16(14)12-15(13-18)7-4-9-17-10-5-11-19-17/h2-3,6,8,15,17-18H,4-5,7,9-13H2,1H3. The normalized spacial score (nSPS) is 20.6. The van der Waals surface area contributed by atoms with Gasteiger partial charge >= 0.3 is 0 Å². The molecule has 1 aliphatic heterocycles. The van der Waals surface area contributed by atoms with E-state index < -0.39 is 0 Å². The highest BCUT2D eigenvalue weighted by Crippen LogP contribution is 2.21. The number of hydrogen-bond acceptors (Lipinski definition) is 2. The second-order valence-electron chi connectivity index (χ2n) is 5.75. The zero-order valence-corrected chi connectivity index (χ0v) is 12.0. The van der Waals surface area contributed by atoms with Crippen LogP contribution in [0.15, 0.2) is 24.3 Å². The van der Waals surface area contributed by atoms with Crippen molar-refractivity contribution in [3.8, 4) is 0 Å². The molecule has 0 bridgehead atoms. The summed E-state index contributed by atoms with van der Waals surface area (Å²) in [4.78, 5) is 0. The Morgan fingerprint density at radius 1 is 1.37 bits per heavy atom. The van der Waals surface area contributed by atoms with E-state index in [4.69, 9.17) is 4.74 Å². The Kier molecular flexibility index (Phi) is 5.87. The molecule has 2 nitrogen and oxygen atoms in total. The smallest absolute Gasteiger partial charge is 0.0576 e. The maximum absolute atomic E-state index is 9.54. The molecule has 0 spiro atoms. The molecular weight excluding hydrogens is 236 g/mol. The minimum absolute atomic E-state index is 0.292. The topological polar surface area (TPSA) is 29.5 Å². The van der Waals surface area contributed by atoms with Crippen molar-refractivity contribution in [1.82, 2.24) is 0 Å². The second-order valence-corrected chi connectivity index (χ2v) is 5.75. The molecule has 106 valence electrons. The van der Waals surface area contributed by atoms with E-state index in [9.17, 15) is 5.11 Å². The number of rotatable bonds is 7. The van der Waals surface area contributed by atoms with Crippen LogP contribution in [0.3, 0.4) is 0 Å². The van der Waals surface area contributed by atoms with Gasteiger partial charge in [-0.2, -0.15) is 0 Å². The largest absolute Gasteiger partial charge is 0.396 e. The average molecular weight is 262 g/mol. The lowest BCUT2D eigenvalue weighted by atomic mass is 9.92. The van der Waals surface area contributed by atoms with Gasteiger partial charge in [-0.25, -0.2) is 0 Å². The van der Waals surface area contributed by atoms with Gasteiger partial charge in [-0.05, 0) is 56.1 Å². The van der Waals surface area contributed by atoms with Crippen molar-refractivity contribution in [3.63, 3.8) is 0 Å². The van der Waals surface area contributed by atoms with Gasteiger partial charge in [-0.15, -0.1) is 0 Å². The maximum atomic E-state index is 9.54. The number of aryl methyl sites for hydroxylation is 1. The molecule has 0 saturated carbocycles. The Labute approximate surface area is 116 Å². The molecule has 1 aliphatic rings. The van der Waals surface area contributed by atoms with E-state index in [0.717, 1.165) is 25.9 Å². The molecule has 0 radical (unpaired) electrons. The fraction of sp³-hybridized carbons (Fsp3) is 0.647. The lowest BCUT2D eigenvalue weighted by Gasteiger charge is -2.16. The highest BCUT2D eigenvalue weighted by Gasteiger charge is 2.16. The summed E-state index contributed by atoms with van der Waals surface area (Å²) in [7, 11) is 0.